The van der Waals surface area contributed by atoms with Crippen LogP contribution in [0.1, 0.15) is 38.7 Å². The molecule has 0 aliphatic carbocycles. The van der Waals surface area contributed by atoms with Gasteiger partial charge >= 0.3 is 0 Å². The van der Waals surface area contributed by atoms with Crippen LogP contribution >= 0.6 is 0 Å². The number of nitrogens with one attached hydrogen (secondary N) is 1. The Morgan fingerprint density at radius 2 is 1.88 bits per heavy atom. The predicted octanol–water partition coefficient (Wildman–Crippen LogP) is 2.46. The molecular weight excluding hydrogens is 350 g/mol. The highest BCUT2D eigenvalue weighted by Gasteiger charge is 2.30. The van der Waals surface area contributed by atoms with Gasteiger partial charge in [-0.25, -0.2) is 8.42 Å². The minimum Gasteiger partial charge on any atom is -0.325 e. The molecule has 1 atom stereocenters. The second kappa shape index (κ2) is 9.48. The van der Waals surface area contributed by atoms with Crippen LogP contribution in [0.2, 0.25) is 0 Å². The summed E-state index contributed by atoms with van der Waals surface area (Å²) in [4.78, 5) is 14.5. The lowest BCUT2D eigenvalue weighted by atomic mass is 10.2. The first-order valence-electron chi connectivity index (χ1n) is 9.43. The van der Waals surface area contributed by atoms with E-state index in [2.05, 4.69) is 12.2 Å². The molecule has 1 aromatic carbocycles. The molecule has 2 rings (SSSR count). The number of unbranched alkanes of at least 4 members (excludes halogenated alkanes) is 2. The summed E-state index contributed by atoms with van der Waals surface area (Å²) >= 11 is 0. The Hall–Kier alpha value is -1.44. The highest BCUT2D eigenvalue weighted by atomic mass is 32.2. The summed E-state index contributed by atoms with van der Waals surface area (Å²) in [6.07, 6.45) is 2.67. The summed E-state index contributed by atoms with van der Waals surface area (Å²) in [5.41, 5.74) is 1.89. The van der Waals surface area contributed by atoms with Crippen molar-refractivity contribution >= 4 is 21.6 Å². The molecule has 1 heterocycles. The number of aryl methyl sites for hydroxylation is 1. The minimum absolute atomic E-state index is 0.0603. The smallest absolute Gasteiger partial charge is 0.241 e. The Bertz CT molecular complexity index is 698. The van der Waals surface area contributed by atoms with Crippen molar-refractivity contribution in [2.75, 3.05) is 37.2 Å². The van der Waals surface area contributed by atoms with E-state index in [9.17, 15) is 13.2 Å². The Morgan fingerprint density at radius 3 is 2.50 bits per heavy atom. The van der Waals surface area contributed by atoms with Crippen molar-refractivity contribution in [1.29, 1.82) is 0 Å². The van der Waals surface area contributed by atoms with Crippen LogP contribution in [-0.4, -0.2) is 61.5 Å². The third-order valence-corrected chi connectivity index (χ3v) is 6.84. The van der Waals surface area contributed by atoms with Crippen molar-refractivity contribution in [2.24, 2.45) is 0 Å². The maximum Gasteiger partial charge on any atom is 0.241 e. The molecule has 1 unspecified atom stereocenters. The fourth-order valence-corrected chi connectivity index (χ4v) is 4.71. The van der Waals surface area contributed by atoms with Crippen molar-refractivity contribution in [3.05, 3.63) is 29.8 Å². The number of sulfonamides is 1. The third-order valence-electron chi connectivity index (χ3n) is 4.89. The molecule has 7 heteroatoms. The molecule has 0 spiro atoms. The van der Waals surface area contributed by atoms with E-state index in [1.807, 2.05) is 43.0 Å². The highest BCUT2D eigenvalue weighted by Crippen LogP contribution is 2.15. The molecule has 146 valence electrons. The van der Waals surface area contributed by atoms with E-state index in [0.717, 1.165) is 24.1 Å². The van der Waals surface area contributed by atoms with Crippen LogP contribution in [0.3, 0.4) is 0 Å². The van der Waals surface area contributed by atoms with Crippen LogP contribution in [0.4, 0.5) is 5.69 Å². The van der Waals surface area contributed by atoms with Crippen molar-refractivity contribution < 1.29 is 13.2 Å². The summed E-state index contributed by atoms with van der Waals surface area (Å²) in [7, 11) is -3.17. The van der Waals surface area contributed by atoms with Crippen LogP contribution in [0, 0.1) is 6.92 Å². The summed E-state index contributed by atoms with van der Waals surface area (Å²) in [6.45, 7) is 7.99. The van der Waals surface area contributed by atoms with Gasteiger partial charge in [-0.3, -0.25) is 9.69 Å². The van der Waals surface area contributed by atoms with E-state index in [1.165, 1.54) is 0 Å². The molecule has 1 saturated heterocycles. The maximum absolute atomic E-state index is 12.5. The van der Waals surface area contributed by atoms with E-state index in [0.29, 0.717) is 32.6 Å². The number of hydrogen-bond acceptors (Lipinski definition) is 4. The molecule has 6 nitrogen and oxygen atoms in total. The first-order chi connectivity index (χ1) is 12.3. The molecule has 26 heavy (non-hydrogen) atoms. The van der Waals surface area contributed by atoms with Gasteiger partial charge in [0.25, 0.3) is 0 Å². The number of carbonyl (C=O) groups excluding carboxylic acids is 1. The zero-order valence-corrected chi connectivity index (χ0v) is 16.9. The minimum atomic E-state index is -3.17. The third kappa shape index (κ3) is 5.79. The van der Waals surface area contributed by atoms with Gasteiger partial charge in [0.15, 0.2) is 0 Å². The van der Waals surface area contributed by atoms with Gasteiger partial charge in [0.05, 0.1) is 11.8 Å². The van der Waals surface area contributed by atoms with Gasteiger partial charge in [0, 0.05) is 31.9 Å². The summed E-state index contributed by atoms with van der Waals surface area (Å²) < 4.78 is 26.3. The Labute approximate surface area is 157 Å². The maximum atomic E-state index is 12.5. The van der Waals surface area contributed by atoms with E-state index in [4.69, 9.17) is 0 Å². The summed E-state index contributed by atoms with van der Waals surface area (Å²) in [6, 6.07) is 7.42. The molecule has 1 aliphatic heterocycles. The van der Waals surface area contributed by atoms with Gasteiger partial charge in [0.2, 0.25) is 15.9 Å². The van der Waals surface area contributed by atoms with Gasteiger partial charge in [-0.1, -0.05) is 31.9 Å². The second-order valence-electron chi connectivity index (χ2n) is 6.99. The second-order valence-corrected chi connectivity index (χ2v) is 9.08. The number of amides is 1. The van der Waals surface area contributed by atoms with Crippen molar-refractivity contribution in [2.45, 2.75) is 46.1 Å². The number of carbonyl (C=O) groups is 1. The highest BCUT2D eigenvalue weighted by molar-refractivity contribution is 7.89. The number of anilines is 1. The van der Waals surface area contributed by atoms with Crippen molar-refractivity contribution in [3.8, 4) is 0 Å². The average molecular weight is 382 g/mol. The quantitative estimate of drug-likeness (QED) is 0.702. The Kier molecular flexibility index (Phi) is 7.61. The molecule has 0 bridgehead atoms. The first-order valence-corrected chi connectivity index (χ1v) is 11.0. The number of piperazine rings is 1. The number of hydrogen-bond donors (Lipinski definition) is 1. The van der Waals surface area contributed by atoms with E-state index in [1.54, 1.807) is 4.31 Å². The zero-order chi connectivity index (χ0) is 19.2. The topological polar surface area (TPSA) is 69.7 Å². The summed E-state index contributed by atoms with van der Waals surface area (Å²) in [5, 5.41) is 2.94. The average Bonchev–Trinajstić information content (AvgIpc) is 2.61. The van der Waals surface area contributed by atoms with E-state index >= 15 is 0 Å². The fraction of sp³-hybridized carbons (Fsp3) is 0.632. The SMILES string of the molecule is CCCCCS(=O)(=O)N1CCN(C(C)C(=O)Nc2cccc(C)c2)CC1. The van der Waals surface area contributed by atoms with E-state index in [-0.39, 0.29) is 17.7 Å². The van der Waals surface area contributed by atoms with Gasteiger partial charge in [-0.05, 0) is 38.0 Å². The monoisotopic (exact) mass is 381 g/mol. The zero-order valence-electron chi connectivity index (χ0n) is 16.1. The molecule has 1 aromatic rings. The molecule has 1 N–H and O–H groups in total. The molecule has 1 fully saturated rings. The summed E-state index contributed by atoms with van der Waals surface area (Å²) in [5.74, 6) is 0.166. The lowest BCUT2D eigenvalue weighted by molar-refractivity contribution is -0.121. The molecule has 1 amide bonds. The Morgan fingerprint density at radius 1 is 1.19 bits per heavy atom. The van der Waals surface area contributed by atoms with Crippen molar-refractivity contribution in [3.63, 3.8) is 0 Å². The molecule has 0 radical (unpaired) electrons. The van der Waals surface area contributed by atoms with Crippen LogP contribution in [0.15, 0.2) is 24.3 Å². The van der Waals surface area contributed by atoms with Gasteiger partial charge < -0.3 is 5.32 Å². The largest absolute Gasteiger partial charge is 0.325 e. The van der Waals surface area contributed by atoms with Gasteiger partial charge in [-0.2, -0.15) is 4.31 Å². The van der Waals surface area contributed by atoms with Crippen LogP contribution in [-0.2, 0) is 14.8 Å². The van der Waals surface area contributed by atoms with Crippen LogP contribution in [0.25, 0.3) is 0 Å². The molecular formula is C19H31N3O3S. The lowest BCUT2D eigenvalue weighted by Crippen LogP contribution is -2.54. The molecule has 0 saturated carbocycles. The molecule has 1 aliphatic rings. The van der Waals surface area contributed by atoms with Gasteiger partial charge in [0.1, 0.15) is 0 Å². The number of rotatable bonds is 8. The van der Waals surface area contributed by atoms with Crippen LogP contribution in [0.5, 0.6) is 0 Å². The van der Waals surface area contributed by atoms with Gasteiger partial charge in [-0.15, -0.1) is 0 Å². The number of nitrogens with zero attached hydrogens (tertiary/aromatic N) is 2. The van der Waals surface area contributed by atoms with Crippen LogP contribution < -0.4 is 5.32 Å². The van der Waals surface area contributed by atoms with E-state index < -0.39 is 10.0 Å². The predicted molar refractivity (Wildman–Crippen MR) is 106 cm³/mol. The molecule has 0 aromatic heterocycles. The fourth-order valence-electron chi connectivity index (χ4n) is 3.17. The standard InChI is InChI=1S/C19H31N3O3S/c1-4-5-6-14-26(24,25)22-12-10-21(11-13-22)17(3)19(23)20-18-9-7-8-16(2)15-18/h7-9,15,17H,4-6,10-14H2,1-3H3,(H,20,23). The normalized spacial score (nSPS) is 17.8. The first kappa shape index (κ1) is 20.9. The lowest BCUT2D eigenvalue weighted by Gasteiger charge is -2.36. The number of benzene rings is 1. The van der Waals surface area contributed by atoms with Crippen molar-refractivity contribution in [1.82, 2.24) is 9.21 Å². The Balaban J connectivity index is 1.85.